The van der Waals surface area contributed by atoms with Crippen molar-refractivity contribution in [2.24, 2.45) is 0 Å². The molecule has 0 radical (unpaired) electrons. The summed E-state index contributed by atoms with van der Waals surface area (Å²) in [5.74, 6) is 1.08. The molecule has 0 aliphatic rings. The molecule has 102 valence electrons. The van der Waals surface area contributed by atoms with E-state index in [1.165, 1.54) is 11.8 Å². The number of nitrogens with zero attached hydrogens (tertiary/aromatic N) is 1. The van der Waals surface area contributed by atoms with Crippen LogP contribution in [-0.2, 0) is 0 Å². The smallest absolute Gasteiger partial charge is 0.173 e. The van der Waals surface area contributed by atoms with Crippen molar-refractivity contribution in [2.75, 3.05) is 11.1 Å². The summed E-state index contributed by atoms with van der Waals surface area (Å²) in [6, 6.07) is 13.1. The predicted octanol–water partition coefficient (Wildman–Crippen LogP) is 3.70. The molecular formula is C15H14N2OS2. The average molecular weight is 302 g/mol. The molecule has 0 unspecified atom stereocenters. The summed E-state index contributed by atoms with van der Waals surface area (Å²) in [5, 5.41) is 2.99. The molecule has 1 heterocycles. The minimum atomic E-state index is 0.0730. The Morgan fingerprint density at radius 3 is 2.85 bits per heavy atom. The maximum atomic E-state index is 12.0. The number of thiocarbonyl (C=S) groups is 1. The van der Waals surface area contributed by atoms with Gasteiger partial charge in [0.05, 0.1) is 5.75 Å². The first-order valence-electron chi connectivity index (χ1n) is 6.10. The van der Waals surface area contributed by atoms with E-state index in [9.17, 15) is 4.79 Å². The molecule has 0 bridgehead atoms. The summed E-state index contributed by atoms with van der Waals surface area (Å²) in [4.78, 5) is 16.1. The number of anilines is 1. The van der Waals surface area contributed by atoms with Crippen LogP contribution in [0.2, 0.25) is 0 Å². The van der Waals surface area contributed by atoms with E-state index in [0.717, 1.165) is 11.1 Å². The van der Waals surface area contributed by atoms with E-state index in [0.29, 0.717) is 15.9 Å². The van der Waals surface area contributed by atoms with E-state index in [1.807, 2.05) is 49.4 Å². The SMILES string of the molecule is Cc1cccc(C(=O)CSC(=S)Nc2ccccn2)c1. The standard InChI is InChI=1S/C15H14N2OS2/c1-11-5-4-6-12(9-11)13(18)10-20-15(19)17-14-7-2-3-8-16-14/h2-9H,10H2,1H3,(H,16,17,19). The average Bonchev–Trinajstić information content (AvgIpc) is 2.46. The van der Waals surface area contributed by atoms with Gasteiger partial charge >= 0.3 is 0 Å². The summed E-state index contributed by atoms with van der Waals surface area (Å²) < 4.78 is 0.546. The van der Waals surface area contributed by atoms with Crippen molar-refractivity contribution in [3.05, 3.63) is 59.8 Å². The highest BCUT2D eigenvalue weighted by Gasteiger charge is 2.08. The molecule has 0 saturated carbocycles. The fraction of sp³-hybridized carbons (Fsp3) is 0.133. The van der Waals surface area contributed by atoms with Gasteiger partial charge in [0.2, 0.25) is 0 Å². The van der Waals surface area contributed by atoms with Crippen molar-refractivity contribution in [1.82, 2.24) is 4.98 Å². The number of nitrogens with one attached hydrogen (secondary N) is 1. The van der Waals surface area contributed by atoms with Crippen LogP contribution in [0.25, 0.3) is 0 Å². The van der Waals surface area contributed by atoms with Crippen molar-refractivity contribution in [3.63, 3.8) is 0 Å². The van der Waals surface area contributed by atoms with Gasteiger partial charge in [0.15, 0.2) is 5.78 Å². The van der Waals surface area contributed by atoms with E-state index in [4.69, 9.17) is 12.2 Å². The number of rotatable bonds is 4. The van der Waals surface area contributed by atoms with Gasteiger partial charge in [0.25, 0.3) is 0 Å². The van der Waals surface area contributed by atoms with Crippen molar-refractivity contribution < 1.29 is 4.79 Å². The Morgan fingerprint density at radius 2 is 2.15 bits per heavy atom. The molecule has 5 heteroatoms. The first-order chi connectivity index (χ1) is 9.65. The molecule has 2 rings (SSSR count). The van der Waals surface area contributed by atoms with Crippen LogP contribution in [0.15, 0.2) is 48.7 Å². The van der Waals surface area contributed by atoms with Gasteiger partial charge in [-0.05, 0) is 25.1 Å². The van der Waals surface area contributed by atoms with E-state index in [2.05, 4.69) is 10.3 Å². The molecule has 0 aliphatic carbocycles. The van der Waals surface area contributed by atoms with Crippen molar-refractivity contribution in [3.8, 4) is 0 Å². The second kappa shape index (κ2) is 7.17. The second-order valence-corrected chi connectivity index (χ2v) is 5.86. The number of carbonyl (C=O) groups is 1. The molecule has 0 saturated heterocycles. The fourth-order valence-corrected chi connectivity index (χ4v) is 2.50. The third-order valence-corrected chi connectivity index (χ3v) is 3.80. The summed E-state index contributed by atoms with van der Waals surface area (Å²) in [7, 11) is 0. The first-order valence-corrected chi connectivity index (χ1v) is 7.49. The Bertz CT molecular complexity index is 614. The number of ketones is 1. The number of aromatic nitrogens is 1. The Morgan fingerprint density at radius 1 is 1.30 bits per heavy atom. The number of aryl methyl sites for hydroxylation is 1. The monoisotopic (exact) mass is 302 g/mol. The Labute approximate surface area is 127 Å². The van der Waals surface area contributed by atoms with Crippen LogP contribution in [0.4, 0.5) is 5.82 Å². The number of Topliss-reactive ketones (excluding diaryl/α,β-unsaturated/α-hetero) is 1. The zero-order valence-electron chi connectivity index (χ0n) is 11.0. The first kappa shape index (κ1) is 14.7. The van der Waals surface area contributed by atoms with Crippen LogP contribution >= 0.6 is 24.0 Å². The molecule has 3 nitrogen and oxygen atoms in total. The highest BCUT2D eigenvalue weighted by Crippen LogP contribution is 2.12. The van der Waals surface area contributed by atoms with Gasteiger partial charge in [-0.2, -0.15) is 0 Å². The topological polar surface area (TPSA) is 42.0 Å². The lowest BCUT2D eigenvalue weighted by molar-refractivity contribution is 0.102. The highest BCUT2D eigenvalue weighted by molar-refractivity contribution is 8.23. The van der Waals surface area contributed by atoms with Crippen molar-refractivity contribution in [1.29, 1.82) is 0 Å². The van der Waals surface area contributed by atoms with Crippen molar-refractivity contribution in [2.45, 2.75) is 6.92 Å². The predicted molar refractivity (Wildman–Crippen MR) is 88.4 cm³/mol. The minimum Gasteiger partial charge on any atom is -0.326 e. The molecule has 1 aromatic carbocycles. The molecule has 0 spiro atoms. The van der Waals surface area contributed by atoms with Gasteiger partial charge in [0.1, 0.15) is 10.1 Å². The zero-order valence-corrected chi connectivity index (χ0v) is 12.6. The van der Waals surface area contributed by atoms with Crippen LogP contribution in [0, 0.1) is 6.92 Å². The Kier molecular flexibility index (Phi) is 5.26. The van der Waals surface area contributed by atoms with E-state index < -0.39 is 0 Å². The summed E-state index contributed by atoms with van der Waals surface area (Å²) in [6.07, 6.45) is 1.69. The lowest BCUT2D eigenvalue weighted by Gasteiger charge is -2.06. The molecule has 20 heavy (non-hydrogen) atoms. The molecule has 0 amide bonds. The van der Waals surface area contributed by atoms with Gasteiger partial charge in [-0.25, -0.2) is 4.98 Å². The largest absolute Gasteiger partial charge is 0.326 e. The molecule has 0 fully saturated rings. The van der Waals surface area contributed by atoms with Crippen LogP contribution in [0.5, 0.6) is 0 Å². The third-order valence-electron chi connectivity index (χ3n) is 2.57. The Hall–Kier alpha value is -1.72. The van der Waals surface area contributed by atoms with Gasteiger partial charge in [0, 0.05) is 11.8 Å². The van der Waals surface area contributed by atoms with Gasteiger partial charge < -0.3 is 5.32 Å². The van der Waals surface area contributed by atoms with Crippen LogP contribution in [-0.4, -0.2) is 20.8 Å². The Balaban J connectivity index is 1.86. The molecule has 1 N–H and O–H groups in total. The third kappa shape index (κ3) is 4.43. The molecule has 1 aromatic heterocycles. The number of benzene rings is 1. The van der Waals surface area contributed by atoms with Gasteiger partial charge in [-0.15, -0.1) is 0 Å². The highest BCUT2D eigenvalue weighted by atomic mass is 32.2. The number of thioether (sulfide) groups is 1. The van der Waals surface area contributed by atoms with Gasteiger partial charge in [-0.3, -0.25) is 4.79 Å². The van der Waals surface area contributed by atoms with Crippen molar-refractivity contribution >= 4 is 39.9 Å². The summed E-state index contributed by atoms with van der Waals surface area (Å²) >= 11 is 6.50. The molecule has 0 atom stereocenters. The van der Waals surface area contributed by atoms with E-state index in [1.54, 1.807) is 6.20 Å². The maximum absolute atomic E-state index is 12.0. The second-order valence-electron chi connectivity index (χ2n) is 4.21. The molecular weight excluding hydrogens is 288 g/mol. The quantitative estimate of drug-likeness (QED) is 0.689. The lowest BCUT2D eigenvalue weighted by atomic mass is 10.1. The number of carbonyl (C=O) groups excluding carboxylic acids is 1. The van der Waals surface area contributed by atoms with Crippen LogP contribution in [0.1, 0.15) is 15.9 Å². The minimum absolute atomic E-state index is 0.0730. The fourth-order valence-electron chi connectivity index (χ4n) is 1.61. The van der Waals surface area contributed by atoms with Crippen LogP contribution < -0.4 is 5.32 Å². The molecule has 0 aliphatic heterocycles. The van der Waals surface area contributed by atoms with Gasteiger partial charge in [-0.1, -0.05) is 53.8 Å². The van der Waals surface area contributed by atoms with Crippen LogP contribution in [0.3, 0.4) is 0 Å². The zero-order chi connectivity index (χ0) is 14.4. The maximum Gasteiger partial charge on any atom is 0.173 e. The molecule has 2 aromatic rings. The summed E-state index contributed by atoms with van der Waals surface area (Å²) in [5.41, 5.74) is 1.80. The number of hydrogen-bond donors (Lipinski definition) is 1. The number of pyridine rings is 1. The number of hydrogen-bond acceptors (Lipinski definition) is 4. The summed E-state index contributed by atoms with van der Waals surface area (Å²) in [6.45, 7) is 1.97. The normalized spacial score (nSPS) is 10.1. The lowest BCUT2D eigenvalue weighted by Crippen LogP contribution is -2.10. The van der Waals surface area contributed by atoms with E-state index >= 15 is 0 Å². The van der Waals surface area contributed by atoms with E-state index in [-0.39, 0.29) is 5.78 Å².